The predicted molar refractivity (Wildman–Crippen MR) is 372 cm³/mol. The molecule has 0 aliphatic rings. The van der Waals surface area contributed by atoms with Crippen molar-refractivity contribution in [2.24, 2.45) is 28.7 Å². The van der Waals surface area contributed by atoms with Crippen LogP contribution in [0, 0.1) is 0 Å². The number of carbonyl (C=O) groups excluding carboxylic acids is 8. The topological polar surface area (TPSA) is 435 Å². The molecule has 19 N–H and O–H groups in total. The van der Waals surface area contributed by atoms with Crippen LogP contribution < -0.4 is 60.6 Å². The van der Waals surface area contributed by atoms with E-state index in [2.05, 4.69) is 45.7 Å². The zero-order valence-corrected chi connectivity index (χ0v) is 58.7. The fourth-order valence-corrected chi connectivity index (χ4v) is 11.6. The highest BCUT2D eigenvalue weighted by atomic mass is 32.2. The van der Waals surface area contributed by atoms with Crippen molar-refractivity contribution < 1.29 is 67.9 Å². The first-order chi connectivity index (χ1) is 45.5. The van der Waals surface area contributed by atoms with Crippen molar-refractivity contribution in [3.63, 3.8) is 0 Å². The lowest BCUT2D eigenvalue weighted by molar-refractivity contribution is -0.157. The number of nitrogens with two attached hydrogens (primary N) is 5. The second kappa shape index (κ2) is 61.9. The van der Waals surface area contributed by atoms with Gasteiger partial charge < -0.3 is 85.4 Å². The third kappa shape index (κ3) is 48.1. The summed E-state index contributed by atoms with van der Waals surface area (Å²) in [7, 11) is 0. The van der Waals surface area contributed by atoms with Gasteiger partial charge in [-0.25, -0.2) is 4.79 Å². The summed E-state index contributed by atoms with van der Waals surface area (Å²) in [6.07, 6.45) is 33.8. The number of unbranched alkanes of at least 4 members (excludes halogenated alkanes) is 28. The zero-order valence-electron chi connectivity index (χ0n) is 57.9. The van der Waals surface area contributed by atoms with Crippen molar-refractivity contribution in [2.45, 2.75) is 319 Å². The maximum Gasteiger partial charge on any atom is 0.326 e. The standard InChI is InChI=1S/C68H131N11O14S/c1-3-5-7-9-11-13-15-17-19-21-23-25-27-41-60(82)92-49-52(93-61(83)42-28-26-24-22-20-18-16-14-12-10-8-6-4-2)50-94-51-53(73)62(84)78-58(47-80)67(89)79-59(48-81)66(88)76-55(38-30-34-44-70)64(86)74-54(37-29-33-43-69)63(85)75-56(39-31-35-45-71)65(87)77-57(68(90)91)40-32-36-46-72/h52-59,80-81H,3-51,69-73H2,1-2H3,(H,74,86)(H,75,85)(H,76,88)(H,77,87)(H,78,84)(H,79,89)(H,90,91). The number of carbonyl (C=O) groups is 9. The maximum absolute atomic E-state index is 14.1. The fourth-order valence-electron chi connectivity index (χ4n) is 10.7. The normalized spacial score (nSPS) is 13.9. The fraction of sp³-hybridized carbons (Fsp3) is 0.868. The summed E-state index contributed by atoms with van der Waals surface area (Å²) >= 11 is 1.16. The molecule has 25 nitrogen and oxygen atoms in total. The first-order valence-corrected chi connectivity index (χ1v) is 37.4. The SMILES string of the molecule is CCCCCCCCCCCCCCCC(=O)OCC(CSCC(N)C(=O)NC(CO)C(=O)NC(CO)C(=O)NC(CCCCN)C(=O)NC(CCCCN)C(=O)NC(CCCCN)C(=O)NC(CCCCN)C(=O)O)OC(=O)CCCCCCCCCCCCCCC. The summed E-state index contributed by atoms with van der Waals surface area (Å²) in [6, 6.07) is -9.67. The number of esters is 2. The number of nitrogens with one attached hydrogen (secondary N) is 6. The van der Waals surface area contributed by atoms with Crippen LogP contribution >= 0.6 is 11.8 Å². The minimum atomic E-state index is -1.71. The third-order valence-electron chi connectivity index (χ3n) is 16.6. The van der Waals surface area contributed by atoms with Crippen LogP contribution in [0.3, 0.4) is 0 Å². The van der Waals surface area contributed by atoms with Gasteiger partial charge in [0, 0.05) is 24.3 Å². The van der Waals surface area contributed by atoms with E-state index in [9.17, 15) is 58.5 Å². The van der Waals surface area contributed by atoms with E-state index in [1.54, 1.807) is 0 Å². The number of carboxylic acid groups (broad SMARTS) is 1. The van der Waals surface area contributed by atoms with Crippen LogP contribution in [0.1, 0.15) is 271 Å². The molecular formula is C68H131N11O14S. The van der Waals surface area contributed by atoms with Gasteiger partial charge in [-0.05, 0) is 116 Å². The number of ether oxygens (including phenoxy) is 2. The summed E-state index contributed by atoms with van der Waals surface area (Å²) in [5.74, 6) is -7.24. The van der Waals surface area contributed by atoms with Crippen LogP contribution in [0.4, 0.5) is 0 Å². The van der Waals surface area contributed by atoms with E-state index in [4.69, 9.17) is 38.1 Å². The molecule has 94 heavy (non-hydrogen) atoms. The Morgan fingerprint density at radius 3 is 0.979 bits per heavy atom. The second-order valence-electron chi connectivity index (χ2n) is 25.1. The van der Waals surface area contributed by atoms with Crippen LogP contribution in [0.2, 0.25) is 0 Å². The van der Waals surface area contributed by atoms with Gasteiger partial charge in [-0.3, -0.25) is 38.4 Å². The average molecular weight is 1360 g/mol. The number of hydrogen-bond donors (Lipinski definition) is 14. The Morgan fingerprint density at radius 1 is 0.362 bits per heavy atom. The first-order valence-electron chi connectivity index (χ1n) is 36.2. The molecular weight excluding hydrogens is 1230 g/mol. The molecule has 0 saturated carbocycles. The molecule has 26 heteroatoms. The molecule has 548 valence electrons. The van der Waals surface area contributed by atoms with E-state index in [0.717, 1.165) is 50.3 Å². The van der Waals surface area contributed by atoms with Gasteiger partial charge in [0.1, 0.15) is 49.0 Å². The Bertz CT molecular complexity index is 2000. The van der Waals surface area contributed by atoms with Gasteiger partial charge in [0.05, 0.1) is 19.3 Å². The van der Waals surface area contributed by atoms with Crippen molar-refractivity contribution in [3.8, 4) is 0 Å². The molecule has 0 fully saturated rings. The van der Waals surface area contributed by atoms with Gasteiger partial charge in [-0.15, -0.1) is 0 Å². The lowest BCUT2D eigenvalue weighted by atomic mass is 10.0. The summed E-state index contributed by atoms with van der Waals surface area (Å²) in [5, 5.41) is 45.5. The van der Waals surface area contributed by atoms with E-state index in [1.165, 1.54) is 116 Å². The molecule has 0 aliphatic carbocycles. The van der Waals surface area contributed by atoms with E-state index in [1.807, 2.05) is 0 Å². The first kappa shape index (κ1) is 89.3. The molecule has 0 aromatic rings. The van der Waals surface area contributed by atoms with E-state index < -0.39 is 115 Å². The number of aliphatic hydroxyl groups is 2. The molecule has 8 unspecified atom stereocenters. The molecule has 0 heterocycles. The molecule has 0 radical (unpaired) electrons. The van der Waals surface area contributed by atoms with Crippen LogP contribution in [0.25, 0.3) is 0 Å². The van der Waals surface area contributed by atoms with Crippen LogP contribution in [0.15, 0.2) is 0 Å². The molecule has 0 bridgehead atoms. The molecule has 0 aromatic carbocycles. The van der Waals surface area contributed by atoms with Gasteiger partial charge in [0.2, 0.25) is 35.4 Å². The van der Waals surface area contributed by atoms with Crippen LogP contribution in [0.5, 0.6) is 0 Å². The summed E-state index contributed by atoms with van der Waals surface area (Å²) in [5.41, 5.74) is 29.0. The van der Waals surface area contributed by atoms with Crippen LogP contribution in [-0.4, -0.2) is 175 Å². The average Bonchev–Trinajstić information content (AvgIpc) is 1.00. The number of aliphatic hydroxyl groups excluding tert-OH is 2. The Hall–Kier alpha value is -4.70. The summed E-state index contributed by atoms with van der Waals surface area (Å²) in [6.45, 7) is 3.50. The quantitative estimate of drug-likeness (QED) is 0.0247. The largest absolute Gasteiger partial charge is 0.480 e. The van der Waals surface area contributed by atoms with Gasteiger partial charge in [0.15, 0.2) is 0 Å². The highest BCUT2D eigenvalue weighted by molar-refractivity contribution is 7.99. The summed E-state index contributed by atoms with van der Waals surface area (Å²) in [4.78, 5) is 120. The third-order valence-corrected chi connectivity index (χ3v) is 17.8. The lowest BCUT2D eigenvalue weighted by Crippen LogP contribution is -2.60. The van der Waals surface area contributed by atoms with Crippen molar-refractivity contribution in [3.05, 3.63) is 0 Å². The minimum absolute atomic E-state index is 0.00144. The Balaban J connectivity index is 5.85. The highest BCUT2D eigenvalue weighted by Gasteiger charge is 2.34. The van der Waals surface area contributed by atoms with Crippen molar-refractivity contribution in [2.75, 3.05) is 57.5 Å². The Kier molecular flexibility index (Phi) is 58.8. The van der Waals surface area contributed by atoms with Gasteiger partial charge >= 0.3 is 17.9 Å². The second-order valence-corrected chi connectivity index (χ2v) is 26.2. The number of amides is 6. The molecule has 0 spiro atoms. The number of rotatable bonds is 66. The molecule has 0 aliphatic heterocycles. The molecule has 0 saturated heterocycles. The minimum Gasteiger partial charge on any atom is -0.480 e. The van der Waals surface area contributed by atoms with Crippen molar-refractivity contribution in [1.82, 2.24) is 31.9 Å². The Labute approximate surface area is 567 Å². The smallest absolute Gasteiger partial charge is 0.326 e. The number of thioether (sulfide) groups is 1. The highest BCUT2D eigenvalue weighted by Crippen LogP contribution is 2.18. The van der Waals surface area contributed by atoms with Crippen molar-refractivity contribution in [1.29, 1.82) is 0 Å². The van der Waals surface area contributed by atoms with Gasteiger partial charge in [-0.2, -0.15) is 11.8 Å². The molecule has 0 rings (SSSR count). The van der Waals surface area contributed by atoms with Crippen molar-refractivity contribution >= 4 is 65.1 Å². The van der Waals surface area contributed by atoms with Crippen LogP contribution in [-0.2, 0) is 52.6 Å². The van der Waals surface area contributed by atoms with E-state index >= 15 is 0 Å². The van der Waals surface area contributed by atoms with Gasteiger partial charge in [-0.1, -0.05) is 168 Å². The molecule has 0 aromatic heterocycles. The Morgan fingerprint density at radius 2 is 0.649 bits per heavy atom. The molecule has 8 atom stereocenters. The van der Waals surface area contributed by atoms with Gasteiger partial charge in [0.25, 0.3) is 0 Å². The number of aliphatic carboxylic acids is 1. The molecule has 6 amide bonds. The summed E-state index contributed by atoms with van der Waals surface area (Å²) < 4.78 is 11.4. The predicted octanol–water partition coefficient (Wildman–Crippen LogP) is 5.96. The monoisotopic (exact) mass is 1360 g/mol. The zero-order chi connectivity index (χ0) is 69.8. The number of hydrogen-bond acceptors (Lipinski definition) is 19. The number of carboxylic acids is 1. The lowest BCUT2D eigenvalue weighted by Gasteiger charge is -2.27. The van der Waals surface area contributed by atoms with E-state index in [0.29, 0.717) is 77.3 Å². The van der Waals surface area contributed by atoms with E-state index in [-0.39, 0.29) is 69.7 Å². The maximum atomic E-state index is 14.1.